The Bertz CT molecular complexity index is 131. The first kappa shape index (κ1) is 12.0. The molecule has 0 bridgehead atoms. The summed E-state index contributed by atoms with van der Waals surface area (Å²) in [6.07, 6.45) is 2.14. The van der Waals surface area contributed by atoms with Gasteiger partial charge in [0.1, 0.15) is 0 Å². The molecule has 0 spiro atoms. The SMILES string of the molecule is CCCC(C=S)NOC(C)(C)C. The second-order valence-electron chi connectivity index (χ2n) is 3.86. The third kappa shape index (κ3) is 6.70. The molecule has 3 heteroatoms. The minimum absolute atomic E-state index is 0.148. The van der Waals surface area contributed by atoms with Crippen molar-refractivity contribution in [1.29, 1.82) is 0 Å². The van der Waals surface area contributed by atoms with Gasteiger partial charge < -0.3 is 0 Å². The highest BCUT2D eigenvalue weighted by Crippen LogP contribution is 2.05. The lowest BCUT2D eigenvalue weighted by Crippen LogP contribution is -2.37. The van der Waals surface area contributed by atoms with Gasteiger partial charge in [0.2, 0.25) is 0 Å². The molecule has 0 saturated heterocycles. The molecular weight excluding hydrogens is 170 g/mol. The van der Waals surface area contributed by atoms with Gasteiger partial charge in [-0.1, -0.05) is 25.6 Å². The molecule has 1 unspecified atom stereocenters. The summed E-state index contributed by atoms with van der Waals surface area (Å²) in [6, 6.07) is 0.198. The summed E-state index contributed by atoms with van der Waals surface area (Å²) in [5, 5.41) is 1.72. The average molecular weight is 189 g/mol. The van der Waals surface area contributed by atoms with E-state index in [1.165, 1.54) is 0 Å². The van der Waals surface area contributed by atoms with Crippen LogP contribution >= 0.6 is 12.2 Å². The first-order valence-electron chi connectivity index (χ1n) is 4.38. The molecule has 2 nitrogen and oxygen atoms in total. The molecule has 0 aromatic carbocycles. The molecule has 1 atom stereocenters. The average Bonchev–Trinajstić information content (AvgIpc) is 1.96. The van der Waals surface area contributed by atoms with Crippen LogP contribution in [0.15, 0.2) is 0 Å². The maximum Gasteiger partial charge on any atom is 0.0813 e. The van der Waals surface area contributed by atoms with Crippen LogP contribution in [-0.4, -0.2) is 17.0 Å². The highest BCUT2D eigenvalue weighted by atomic mass is 32.1. The molecule has 0 saturated carbocycles. The molecule has 0 amide bonds. The Balaban J connectivity index is 3.65. The standard InChI is InChI=1S/C9H19NOS/c1-5-6-8(7-12)10-11-9(2,3)4/h7-8,10H,5-6H2,1-4H3. The van der Waals surface area contributed by atoms with Crippen molar-refractivity contribution in [1.82, 2.24) is 5.48 Å². The fourth-order valence-corrected chi connectivity index (χ4v) is 0.910. The Hall–Kier alpha value is 0.0100. The lowest BCUT2D eigenvalue weighted by Gasteiger charge is -2.22. The van der Waals surface area contributed by atoms with E-state index in [0.29, 0.717) is 0 Å². The predicted molar refractivity (Wildman–Crippen MR) is 56.3 cm³/mol. The molecular formula is C9H19NOS. The van der Waals surface area contributed by atoms with Crippen molar-refractivity contribution < 1.29 is 4.84 Å². The fraction of sp³-hybridized carbons (Fsp3) is 0.889. The van der Waals surface area contributed by atoms with Crippen molar-refractivity contribution in [3.8, 4) is 0 Å². The molecule has 0 aromatic heterocycles. The minimum Gasteiger partial charge on any atom is -0.296 e. The maximum atomic E-state index is 5.39. The third-order valence-electron chi connectivity index (χ3n) is 1.28. The fourth-order valence-electron chi connectivity index (χ4n) is 0.718. The second kappa shape index (κ2) is 5.62. The van der Waals surface area contributed by atoms with E-state index in [1.54, 1.807) is 5.37 Å². The number of nitrogens with one attached hydrogen (secondary N) is 1. The Morgan fingerprint density at radius 2 is 2.08 bits per heavy atom. The molecule has 0 aliphatic rings. The van der Waals surface area contributed by atoms with Crippen LogP contribution in [0.2, 0.25) is 0 Å². The monoisotopic (exact) mass is 189 g/mol. The third-order valence-corrected chi connectivity index (χ3v) is 1.61. The molecule has 12 heavy (non-hydrogen) atoms. The number of hydroxylamine groups is 1. The van der Waals surface area contributed by atoms with E-state index in [-0.39, 0.29) is 11.6 Å². The van der Waals surface area contributed by atoms with Crippen LogP contribution in [0.25, 0.3) is 0 Å². The van der Waals surface area contributed by atoms with Crippen molar-refractivity contribution in [2.45, 2.75) is 52.2 Å². The summed E-state index contributed by atoms with van der Waals surface area (Å²) in [6.45, 7) is 8.15. The normalized spacial score (nSPS) is 14.3. The van der Waals surface area contributed by atoms with E-state index in [2.05, 4.69) is 12.4 Å². The summed E-state index contributed by atoms with van der Waals surface area (Å²) < 4.78 is 0. The van der Waals surface area contributed by atoms with E-state index in [0.717, 1.165) is 12.8 Å². The van der Waals surface area contributed by atoms with Gasteiger partial charge in [-0.05, 0) is 32.6 Å². The largest absolute Gasteiger partial charge is 0.296 e. The Kier molecular flexibility index (Phi) is 5.63. The van der Waals surface area contributed by atoms with E-state index in [1.807, 2.05) is 20.8 Å². The number of hydrogen-bond donors (Lipinski definition) is 1. The molecule has 0 aliphatic carbocycles. The zero-order valence-electron chi connectivity index (χ0n) is 8.39. The van der Waals surface area contributed by atoms with Gasteiger partial charge in [0, 0.05) is 0 Å². The van der Waals surface area contributed by atoms with Crippen molar-refractivity contribution in [3.63, 3.8) is 0 Å². The summed E-state index contributed by atoms with van der Waals surface area (Å²) in [7, 11) is 0. The van der Waals surface area contributed by atoms with Gasteiger partial charge >= 0.3 is 0 Å². The van der Waals surface area contributed by atoms with Crippen LogP contribution in [0.4, 0.5) is 0 Å². The Morgan fingerprint density at radius 3 is 2.42 bits per heavy atom. The predicted octanol–water partition coefficient (Wildman–Crippen LogP) is 2.47. The summed E-state index contributed by atoms with van der Waals surface area (Å²) in [4.78, 5) is 5.39. The molecule has 72 valence electrons. The summed E-state index contributed by atoms with van der Waals surface area (Å²) in [5.41, 5.74) is 2.80. The number of hydrogen-bond acceptors (Lipinski definition) is 3. The zero-order valence-corrected chi connectivity index (χ0v) is 9.20. The smallest absolute Gasteiger partial charge is 0.0813 e. The highest BCUT2D eigenvalue weighted by molar-refractivity contribution is 7.79. The van der Waals surface area contributed by atoms with Gasteiger partial charge in [-0.25, -0.2) is 0 Å². The van der Waals surface area contributed by atoms with Crippen molar-refractivity contribution in [2.24, 2.45) is 0 Å². The van der Waals surface area contributed by atoms with Crippen molar-refractivity contribution in [3.05, 3.63) is 0 Å². The maximum absolute atomic E-state index is 5.39. The minimum atomic E-state index is -0.148. The van der Waals surface area contributed by atoms with Crippen molar-refractivity contribution in [2.75, 3.05) is 0 Å². The molecule has 0 heterocycles. The molecule has 1 N–H and O–H groups in total. The Morgan fingerprint density at radius 1 is 1.50 bits per heavy atom. The van der Waals surface area contributed by atoms with Crippen LogP contribution in [0.3, 0.4) is 0 Å². The van der Waals surface area contributed by atoms with Gasteiger partial charge in [0.15, 0.2) is 0 Å². The molecule has 0 fully saturated rings. The summed E-state index contributed by atoms with van der Waals surface area (Å²) in [5.74, 6) is 0. The van der Waals surface area contributed by atoms with Gasteiger partial charge in [0.25, 0.3) is 0 Å². The van der Waals surface area contributed by atoms with Gasteiger partial charge in [-0.3, -0.25) is 4.84 Å². The lowest BCUT2D eigenvalue weighted by atomic mass is 10.2. The van der Waals surface area contributed by atoms with Gasteiger partial charge in [0.05, 0.1) is 11.6 Å². The van der Waals surface area contributed by atoms with E-state index in [4.69, 9.17) is 17.1 Å². The van der Waals surface area contributed by atoms with Gasteiger partial charge in [-0.15, -0.1) is 0 Å². The number of rotatable bonds is 5. The lowest BCUT2D eigenvalue weighted by molar-refractivity contribution is -0.0795. The summed E-state index contributed by atoms with van der Waals surface area (Å²) >= 11 is 4.86. The molecule has 0 radical (unpaired) electrons. The van der Waals surface area contributed by atoms with E-state index < -0.39 is 0 Å². The Labute approximate surface area is 80.6 Å². The second-order valence-corrected chi connectivity index (χ2v) is 4.14. The molecule has 0 aromatic rings. The highest BCUT2D eigenvalue weighted by Gasteiger charge is 2.12. The first-order valence-corrected chi connectivity index (χ1v) is 4.85. The van der Waals surface area contributed by atoms with Gasteiger partial charge in [-0.2, -0.15) is 5.48 Å². The quantitative estimate of drug-likeness (QED) is 0.530. The van der Waals surface area contributed by atoms with Crippen LogP contribution in [0, 0.1) is 0 Å². The van der Waals surface area contributed by atoms with Crippen LogP contribution in [0.5, 0.6) is 0 Å². The van der Waals surface area contributed by atoms with E-state index >= 15 is 0 Å². The number of thiocarbonyl (C=S) groups is 1. The van der Waals surface area contributed by atoms with Crippen LogP contribution in [0.1, 0.15) is 40.5 Å². The van der Waals surface area contributed by atoms with Crippen molar-refractivity contribution >= 4 is 17.6 Å². The topological polar surface area (TPSA) is 21.3 Å². The molecule has 0 aliphatic heterocycles. The zero-order chi connectivity index (χ0) is 9.61. The van der Waals surface area contributed by atoms with Crippen LogP contribution < -0.4 is 5.48 Å². The molecule has 0 rings (SSSR count). The first-order chi connectivity index (χ1) is 5.49. The van der Waals surface area contributed by atoms with Crippen LogP contribution in [-0.2, 0) is 4.84 Å². The van der Waals surface area contributed by atoms with E-state index in [9.17, 15) is 0 Å².